The number of anilines is 1. The van der Waals surface area contributed by atoms with E-state index in [2.05, 4.69) is 12.2 Å². The van der Waals surface area contributed by atoms with E-state index in [0.717, 1.165) is 25.1 Å². The first-order valence-electron chi connectivity index (χ1n) is 8.96. The normalized spacial score (nSPS) is 24.0. The fourth-order valence-electron chi connectivity index (χ4n) is 3.59. The quantitative estimate of drug-likeness (QED) is 0.903. The van der Waals surface area contributed by atoms with Crippen molar-refractivity contribution in [2.45, 2.75) is 51.5 Å². The highest BCUT2D eigenvalue weighted by Gasteiger charge is 2.23. The first kappa shape index (κ1) is 16.8. The molecule has 0 spiro atoms. The second kappa shape index (κ2) is 7.69. The first-order valence-corrected chi connectivity index (χ1v) is 8.96. The van der Waals surface area contributed by atoms with Crippen LogP contribution in [0, 0.1) is 5.92 Å². The Morgan fingerprint density at radius 1 is 1.29 bits per heavy atom. The molecule has 2 atom stereocenters. The van der Waals surface area contributed by atoms with E-state index in [1.165, 1.54) is 19.3 Å². The minimum Gasteiger partial charge on any atom is -0.484 e. The van der Waals surface area contributed by atoms with Crippen molar-refractivity contribution >= 4 is 17.5 Å². The summed E-state index contributed by atoms with van der Waals surface area (Å²) in [6, 6.07) is 7.68. The topological polar surface area (TPSA) is 58.6 Å². The number of ether oxygens (including phenoxy) is 1. The summed E-state index contributed by atoms with van der Waals surface area (Å²) in [4.78, 5) is 25.7. The van der Waals surface area contributed by atoms with Crippen LogP contribution in [0.3, 0.4) is 0 Å². The van der Waals surface area contributed by atoms with Crippen LogP contribution in [0.1, 0.15) is 45.4 Å². The average Bonchev–Trinajstić information content (AvgIpc) is 3.01. The molecule has 0 unspecified atom stereocenters. The summed E-state index contributed by atoms with van der Waals surface area (Å²) >= 11 is 0. The molecule has 1 heterocycles. The van der Waals surface area contributed by atoms with Gasteiger partial charge in [0.1, 0.15) is 5.75 Å². The molecule has 3 rings (SSSR count). The Labute approximate surface area is 143 Å². The van der Waals surface area contributed by atoms with Crippen LogP contribution in [-0.4, -0.2) is 31.0 Å². The molecule has 1 saturated carbocycles. The molecule has 5 heteroatoms. The molecule has 24 heavy (non-hydrogen) atoms. The molecule has 1 N–H and O–H groups in total. The third kappa shape index (κ3) is 4.08. The van der Waals surface area contributed by atoms with Gasteiger partial charge < -0.3 is 15.0 Å². The minimum absolute atomic E-state index is 0.0145. The number of rotatable bonds is 5. The molecule has 2 aliphatic rings. The number of nitrogens with zero attached hydrogens (tertiary/aromatic N) is 1. The van der Waals surface area contributed by atoms with Gasteiger partial charge in [0.25, 0.3) is 5.91 Å². The minimum atomic E-state index is -0.0728. The van der Waals surface area contributed by atoms with Crippen LogP contribution in [0.15, 0.2) is 24.3 Å². The van der Waals surface area contributed by atoms with Crippen molar-refractivity contribution < 1.29 is 14.3 Å². The molecule has 1 aliphatic carbocycles. The standard InChI is InChI=1S/C19H26N2O3/c1-14-6-2-3-9-17(14)20-18(22)13-24-16-8-4-7-15(12-16)21-11-5-10-19(21)23/h4,7-8,12,14,17H,2-3,5-6,9-11,13H2,1H3,(H,20,22)/t14-,17-/m1/s1. The Kier molecular flexibility index (Phi) is 5.38. The summed E-state index contributed by atoms with van der Waals surface area (Å²) in [7, 11) is 0. The van der Waals surface area contributed by atoms with Crippen molar-refractivity contribution in [1.29, 1.82) is 0 Å². The third-order valence-corrected chi connectivity index (χ3v) is 5.03. The van der Waals surface area contributed by atoms with Crippen molar-refractivity contribution in [3.8, 4) is 5.75 Å². The maximum absolute atomic E-state index is 12.1. The van der Waals surface area contributed by atoms with Gasteiger partial charge in [-0.05, 0) is 37.3 Å². The largest absolute Gasteiger partial charge is 0.484 e. The van der Waals surface area contributed by atoms with E-state index in [1.54, 1.807) is 4.90 Å². The highest BCUT2D eigenvalue weighted by atomic mass is 16.5. The first-order chi connectivity index (χ1) is 11.6. The second-order valence-electron chi connectivity index (χ2n) is 6.87. The molecule has 2 amide bonds. The van der Waals surface area contributed by atoms with E-state index in [-0.39, 0.29) is 24.5 Å². The van der Waals surface area contributed by atoms with Gasteiger partial charge >= 0.3 is 0 Å². The zero-order valence-corrected chi connectivity index (χ0v) is 14.3. The van der Waals surface area contributed by atoms with Gasteiger partial charge in [0.05, 0.1) is 0 Å². The van der Waals surface area contributed by atoms with Gasteiger partial charge in [0.15, 0.2) is 6.61 Å². The smallest absolute Gasteiger partial charge is 0.258 e. The SMILES string of the molecule is C[C@@H]1CCCC[C@H]1NC(=O)COc1cccc(N2CCCC2=O)c1. The van der Waals surface area contributed by atoms with Crippen molar-refractivity contribution in [3.63, 3.8) is 0 Å². The zero-order valence-electron chi connectivity index (χ0n) is 14.3. The van der Waals surface area contributed by atoms with E-state index in [4.69, 9.17) is 4.74 Å². The van der Waals surface area contributed by atoms with Crippen molar-refractivity contribution in [2.24, 2.45) is 5.92 Å². The van der Waals surface area contributed by atoms with Gasteiger partial charge in [-0.15, -0.1) is 0 Å². The Bertz CT molecular complexity index is 602. The van der Waals surface area contributed by atoms with Gasteiger partial charge in [-0.25, -0.2) is 0 Å². The van der Waals surface area contributed by atoms with E-state index in [9.17, 15) is 9.59 Å². The van der Waals surface area contributed by atoms with Crippen LogP contribution in [0.25, 0.3) is 0 Å². The molecule has 0 bridgehead atoms. The predicted molar refractivity (Wildman–Crippen MR) is 93.1 cm³/mol. The van der Waals surface area contributed by atoms with Crippen LogP contribution < -0.4 is 15.0 Å². The van der Waals surface area contributed by atoms with E-state index < -0.39 is 0 Å². The summed E-state index contributed by atoms with van der Waals surface area (Å²) in [6.07, 6.45) is 6.17. The van der Waals surface area contributed by atoms with Crippen molar-refractivity contribution in [2.75, 3.05) is 18.1 Å². The lowest BCUT2D eigenvalue weighted by atomic mass is 9.86. The summed E-state index contributed by atoms with van der Waals surface area (Å²) < 4.78 is 5.63. The maximum atomic E-state index is 12.1. The molecule has 5 nitrogen and oxygen atoms in total. The molecular formula is C19H26N2O3. The van der Waals surface area contributed by atoms with Crippen molar-refractivity contribution in [1.82, 2.24) is 5.32 Å². The Morgan fingerprint density at radius 3 is 2.88 bits per heavy atom. The molecular weight excluding hydrogens is 304 g/mol. The second-order valence-corrected chi connectivity index (χ2v) is 6.87. The number of hydrogen-bond acceptors (Lipinski definition) is 3. The summed E-state index contributed by atoms with van der Waals surface area (Å²) in [5.74, 6) is 1.24. The number of carbonyl (C=O) groups is 2. The third-order valence-electron chi connectivity index (χ3n) is 5.03. The lowest BCUT2D eigenvalue weighted by Crippen LogP contribution is -2.43. The van der Waals surface area contributed by atoms with Crippen LogP contribution in [0.5, 0.6) is 5.75 Å². The molecule has 1 aromatic carbocycles. The summed E-state index contributed by atoms with van der Waals surface area (Å²) in [5.41, 5.74) is 0.844. The summed E-state index contributed by atoms with van der Waals surface area (Å²) in [6.45, 7) is 2.96. The van der Waals surface area contributed by atoms with Gasteiger partial charge in [-0.2, -0.15) is 0 Å². The Balaban J connectivity index is 1.52. The highest BCUT2D eigenvalue weighted by molar-refractivity contribution is 5.95. The van der Waals surface area contributed by atoms with Crippen LogP contribution in [-0.2, 0) is 9.59 Å². The van der Waals surface area contributed by atoms with Crippen molar-refractivity contribution in [3.05, 3.63) is 24.3 Å². The Hall–Kier alpha value is -2.04. The van der Waals surface area contributed by atoms with Crippen LogP contribution in [0.2, 0.25) is 0 Å². The molecule has 130 valence electrons. The van der Waals surface area contributed by atoms with Gasteiger partial charge in [-0.1, -0.05) is 25.8 Å². The summed E-state index contributed by atoms with van der Waals surface area (Å²) in [5, 5.41) is 3.09. The number of carbonyl (C=O) groups excluding carboxylic acids is 2. The molecule has 2 fully saturated rings. The lowest BCUT2D eigenvalue weighted by Gasteiger charge is -2.29. The molecule has 0 aromatic heterocycles. The lowest BCUT2D eigenvalue weighted by molar-refractivity contribution is -0.124. The van der Waals surface area contributed by atoms with Crippen LogP contribution in [0.4, 0.5) is 5.69 Å². The number of benzene rings is 1. The number of amides is 2. The predicted octanol–water partition coefficient (Wildman–Crippen LogP) is 2.89. The molecule has 1 aliphatic heterocycles. The van der Waals surface area contributed by atoms with E-state index >= 15 is 0 Å². The highest BCUT2D eigenvalue weighted by Crippen LogP contribution is 2.26. The molecule has 1 saturated heterocycles. The van der Waals surface area contributed by atoms with Gasteiger partial charge in [0, 0.05) is 30.8 Å². The van der Waals surface area contributed by atoms with Gasteiger partial charge in [-0.3, -0.25) is 9.59 Å². The van der Waals surface area contributed by atoms with Crippen LogP contribution >= 0.6 is 0 Å². The molecule has 1 aromatic rings. The number of nitrogens with one attached hydrogen (secondary N) is 1. The average molecular weight is 330 g/mol. The zero-order chi connectivity index (χ0) is 16.9. The van der Waals surface area contributed by atoms with E-state index in [1.807, 2.05) is 24.3 Å². The molecule has 0 radical (unpaired) electrons. The van der Waals surface area contributed by atoms with E-state index in [0.29, 0.717) is 18.1 Å². The fourth-order valence-corrected chi connectivity index (χ4v) is 3.59. The number of hydrogen-bond donors (Lipinski definition) is 1. The maximum Gasteiger partial charge on any atom is 0.258 e. The fraction of sp³-hybridized carbons (Fsp3) is 0.579. The van der Waals surface area contributed by atoms with Gasteiger partial charge in [0.2, 0.25) is 5.91 Å². The Morgan fingerprint density at radius 2 is 2.12 bits per heavy atom. The monoisotopic (exact) mass is 330 g/mol.